The fraction of sp³-hybridized carbons (Fsp3) is 0.323. The Morgan fingerprint density at radius 2 is 1.69 bits per heavy atom. The maximum atomic E-state index is 11.7. The normalized spacial score (nSPS) is 11.7. The van der Waals surface area contributed by atoms with Gasteiger partial charge in [-0.3, -0.25) is 9.48 Å². The number of aliphatic hydroxyl groups is 1. The monoisotopic (exact) mass is 563 g/mol. The highest BCUT2D eigenvalue weighted by Gasteiger charge is 2.20. The van der Waals surface area contributed by atoms with Gasteiger partial charge in [0.05, 0.1) is 33.4 Å². The summed E-state index contributed by atoms with van der Waals surface area (Å²) in [5, 5.41) is 25.5. The molecule has 0 saturated carbocycles. The summed E-state index contributed by atoms with van der Waals surface area (Å²) in [6.07, 6.45) is -0.0492. The van der Waals surface area contributed by atoms with Gasteiger partial charge in [-0.1, -0.05) is 37.6 Å². The number of hydrogen-bond acceptors (Lipinski definition) is 5. The first kappa shape index (κ1) is 28.7. The van der Waals surface area contributed by atoms with Crippen molar-refractivity contribution >= 4 is 50.0 Å². The van der Waals surface area contributed by atoms with E-state index in [1.54, 1.807) is 32.1 Å². The predicted octanol–water partition coefficient (Wildman–Crippen LogP) is 8.01. The smallest absolute Gasteiger partial charge is 0.307 e. The van der Waals surface area contributed by atoms with Crippen LogP contribution in [0.5, 0.6) is 0 Å². The number of halogens is 1. The third-order valence-corrected chi connectivity index (χ3v) is 7.53. The molecule has 0 aliphatic carbocycles. The van der Waals surface area contributed by atoms with E-state index in [0.717, 1.165) is 59.6 Å². The number of thiazole rings is 1. The Morgan fingerprint density at radius 3 is 2.28 bits per heavy atom. The molecular weight excluding hydrogens is 530 g/mol. The van der Waals surface area contributed by atoms with Gasteiger partial charge in [0, 0.05) is 28.6 Å². The molecule has 0 unspecified atom stereocenters. The van der Waals surface area contributed by atoms with Crippen LogP contribution in [-0.2, 0) is 18.3 Å². The van der Waals surface area contributed by atoms with Gasteiger partial charge in [0.15, 0.2) is 0 Å². The van der Waals surface area contributed by atoms with Crippen molar-refractivity contribution in [1.82, 2.24) is 14.8 Å². The first-order valence-electron chi connectivity index (χ1n) is 12.8. The number of fused-ring (bicyclic) bond motifs is 2. The van der Waals surface area contributed by atoms with Gasteiger partial charge in [0.1, 0.15) is 5.01 Å². The number of rotatable bonds is 5. The minimum atomic E-state index is -0.856. The molecule has 8 heteroatoms. The van der Waals surface area contributed by atoms with Crippen LogP contribution in [0.3, 0.4) is 0 Å². The number of aromatic nitrogens is 3. The number of nitrogens with zero attached hydrogens (tertiary/aromatic N) is 3. The van der Waals surface area contributed by atoms with Crippen LogP contribution in [0.1, 0.15) is 57.4 Å². The molecule has 0 atom stereocenters. The molecule has 5 aromatic rings. The number of carboxylic acids is 1. The molecule has 39 heavy (non-hydrogen) atoms. The lowest BCUT2D eigenvalue weighted by molar-refractivity contribution is -0.136. The first-order chi connectivity index (χ1) is 18.2. The number of carboxylic acid groups (broad SMARTS) is 1. The highest BCUT2D eigenvalue weighted by molar-refractivity contribution is 7.22. The second-order valence-corrected chi connectivity index (χ2v) is 12.5. The van der Waals surface area contributed by atoms with Gasteiger partial charge in [-0.2, -0.15) is 5.10 Å². The molecule has 0 spiro atoms. The van der Waals surface area contributed by atoms with Crippen LogP contribution in [0.25, 0.3) is 42.8 Å². The topological polar surface area (TPSA) is 88.2 Å². The average molecular weight is 564 g/mol. The first-order valence-corrected chi connectivity index (χ1v) is 14.0. The molecule has 0 radical (unpaired) electrons. The molecule has 3 aromatic carbocycles. The second kappa shape index (κ2) is 11.1. The summed E-state index contributed by atoms with van der Waals surface area (Å²) < 4.78 is 2.90. The maximum Gasteiger partial charge on any atom is 0.307 e. The van der Waals surface area contributed by atoms with E-state index in [1.807, 2.05) is 49.0 Å². The molecule has 6 nitrogen and oxygen atoms in total. The lowest BCUT2D eigenvalue weighted by atomic mass is 9.93. The van der Waals surface area contributed by atoms with Gasteiger partial charge in [0.2, 0.25) is 0 Å². The third-order valence-electron chi connectivity index (χ3n) is 6.15. The minimum Gasteiger partial charge on any atom is -0.481 e. The summed E-state index contributed by atoms with van der Waals surface area (Å²) in [4.78, 5) is 16.7. The molecule has 2 aromatic heterocycles. The van der Waals surface area contributed by atoms with Crippen molar-refractivity contribution in [3.63, 3.8) is 0 Å². The molecule has 0 fully saturated rings. The summed E-state index contributed by atoms with van der Waals surface area (Å²) in [5.41, 5.74) is 7.15. The molecular formula is C31H34ClN3O3S. The van der Waals surface area contributed by atoms with Crippen LogP contribution in [0, 0.1) is 6.92 Å². The zero-order chi connectivity index (χ0) is 28.6. The highest BCUT2D eigenvalue weighted by Crippen LogP contribution is 2.41. The molecule has 2 heterocycles. The Morgan fingerprint density at radius 1 is 1.08 bits per heavy atom. The standard InChI is InChI=1S/C27H24ClN3O2S.C4H10O/c1-14(2)25-20-12-17(7-10-22(20)31(4)30-25)27-29-21-11-15(3)19(13-23(32)33)24(26(21)34-27)16-5-8-18(28)9-6-16;1-4(2,3)5/h5-12,14H,13H2,1-4H3,(H,32,33);5H,1-3H3. The van der Waals surface area contributed by atoms with Crippen molar-refractivity contribution in [2.24, 2.45) is 7.05 Å². The van der Waals surface area contributed by atoms with E-state index in [9.17, 15) is 9.90 Å². The van der Waals surface area contributed by atoms with Crippen LogP contribution in [0.15, 0.2) is 48.5 Å². The van der Waals surface area contributed by atoms with Gasteiger partial charge in [-0.25, -0.2) is 4.98 Å². The fourth-order valence-electron chi connectivity index (χ4n) is 4.51. The van der Waals surface area contributed by atoms with E-state index < -0.39 is 11.6 Å². The number of hydrogen-bond donors (Lipinski definition) is 2. The van der Waals surface area contributed by atoms with Crippen molar-refractivity contribution in [1.29, 1.82) is 0 Å². The molecule has 0 aliphatic heterocycles. The van der Waals surface area contributed by atoms with Crippen molar-refractivity contribution in [2.75, 3.05) is 0 Å². The van der Waals surface area contributed by atoms with Gasteiger partial charge < -0.3 is 10.2 Å². The molecule has 204 valence electrons. The summed E-state index contributed by atoms with van der Waals surface area (Å²) in [6.45, 7) is 11.5. The van der Waals surface area contributed by atoms with Crippen LogP contribution < -0.4 is 0 Å². The van der Waals surface area contributed by atoms with Crippen LogP contribution in [0.2, 0.25) is 5.02 Å². The Kier molecular flexibility index (Phi) is 8.17. The Labute approximate surface area is 237 Å². The zero-order valence-corrected chi connectivity index (χ0v) is 24.9. The van der Waals surface area contributed by atoms with Gasteiger partial charge in [-0.05, 0) is 86.7 Å². The Hall–Kier alpha value is -3.26. The summed E-state index contributed by atoms with van der Waals surface area (Å²) in [5.74, 6) is -0.544. The molecule has 0 saturated heterocycles. The summed E-state index contributed by atoms with van der Waals surface area (Å²) >= 11 is 7.72. The van der Waals surface area contributed by atoms with Gasteiger partial charge in [-0.15, -0.1) is 11.3 Å². The lowest BCUT2D eigenvalue weighted by Gasteiger charge is -2.13. The lowest BCUT2D eigenvalue weighted by Crippen LogP contribution is -2.10. The zero-order valence-electron chi connectivity index (χ0n) is 23.3. The van der Waals surface area contributed by atoms with Crippen molar-refractivity contribution in [3.05, 3.63) is 70.4 Å². The van der Waals surface area contributed by atoms with E-state index in [2.05, 4.69) is 32.0 Å². The Bertz CT molecular complexity index is 1660. The van der Waals surface area contributed by atoms with E-state index in [0.29, 0.717) is 10.9 Å². The van der Waals surface area contributed by atoms with Gasteiger partial charge in [0.25, 0.3) is 0 Å². The fourth-order valence-corrected chi connectivity index (χ4v) is 5.77. The largest absolute Gasteiger partial charge is 0.481 e. The van der Waals surface area contributed by atoms with Crippen molar-refractivity contribution in [2.45, 2.75) is 59.5 Å². The SMILES string of the molecule is CC(C)(C)O.Cc1cc2nc(-c3ccc4c(c3)c(C(C)C)nn4C)sc2c(-c2ccc(Cl)cc2)c1CC(=O)O. The predicted molar refractivity (Wildman–Crippen MR) is 162 cm³/mol. The molecule has 0 bridgehead atoms. The van der Waals surface area contributed by atoms with Crippen LogP contribution in [-0.4, -0.2) is 36.5 Å². The van der Waals surface area contributed by atoms with E-state index in [4.69, 9.17) is 26.8 Å². The van der Waals surface area contributed by atoms with E-state index in [1.165, 1.54) is 0 Å². The molecule has 0 aliphatic rings. The molecule has 2 N–H and O–H groups in total. The van der Waals surface area contributed by atoms with Crippen LogP contribution in [0.4, 0.5) is 0 Å². The molecule has 0 amide bonds. The Balaban J connectivity index is 0.000000648. The van der Waals surface area contributed by atoms with Crippen molar-refractivity contribution in [3.8, 4) is 21.7 Å². The summed E-state index contributed by atoms with van der Waals surface area (Å²) in [6, 6.07) is 15.9. The number of aliphatic carboxylic acids is 1. The van der Waals surface area contributed by atoms with Crippen molar-refractivity contribution < 1.29 is 15.0 Å². The molecule has 5 rings (SSSR count). The highest BCUT2D eigenvalue weighted by atomic mass is 35.5. The quantitative estimate of drug-likeness (QED) is 0.226. The van der Waals surface area contributed by atoms with Gasteiger partial charge >= 0.3 is 5.97 Å². The third kappa shape index (κ3) is 6.49. The summed E-state index contributed by atoms with van der Waals surface area (Å²) in [7, 11) is 1.97. The second-order valence-electron chi connectivity index (χ2n) is 11.1. The number of aryl methyl sites for hydroxylation is 2. The number of benzene rings is 3. The van der Waals surface area contributed by atoms with E-state index in [-0.39, 0.29) is 6.42 Å². The van der Waals surface area contributed by atoms with Crippen LogP contribution >= 0.6 is 22.9 Å². The van der Waals surface area contributed by atoms with E-state index >= 15 is 0 Å². The minimum absolute atomic E-state index is 0.0492. The maximum absolute atomic E-state index is 11.7. The number of carbonyl (C=O) groups is 1. The average Bonchev–Trinajstić information content (AvgIpc) is 3.40.